The minimum absolute atomic E-state index is 0.550. The van der Waals surface area contributed by atoms with Crippen LogP contribution in [0, 0.1) is 6.92 Å². The Bertz CT molecular complexity index is 902. The van der Waals surface area contributed by atoms with Crippen molar-refractivity contribution in [3.8, 4) is 0 Å². The maximum Gasteiger partial charge on any atom is 0.0246 e. The van der Waals surface area contributed by atoms with Crippen molar-refractivity contribution in [2.45, 2.75) is 72.3 Å². The summed E-state index contributed by atoms with van der Waals surface area (Å²) in [6.45, 7) is 18.2. The highest BCUT2D eigenvalue weighted by molar-refractivity contribution is 5.69. The van der Waals surface area contributed by atoms with E-state index in [9.17, 15) is 0 Å². The molecule has 2 heterocycles. The van der Waals surface area contributed by atoms with Gasteiger partial charge in [0.25, 0.3) is 0 Å². The first-order chi connectivity index (χ1) is 15.4. The van der Waals surface area contributed by atoms with Crippen LogP contribution in [0.25, 0.3) is 5.57 Å². The molecule has 3 heteroatoms. The summed E-state index contributed by atoms with van der Waals surface area (Å²) in [5, 5.41) is 0. The molecule has 32 heavy (non-hydrogen) atoms. The van der Waals surface area contributed by atoms with Crippen LogP contribution in [0.5, 0.6) is 0 Å². The van der Waals surface area contributed by atoms with Crippen LogP contribution >= 0.6 is 0 Å². The molecule has 0 N–H and O–H groups in total. The van der Waals surface area contributed by atoms with E-state index in [1.165, 1.54) is 34.4 Å². The molecule has 0 saturated carbocycles. The van der Waals surface area contributed by atoms with E-state index in [0.717, 1.165) is 39.1 Å². The average Bonchev–Trinajstić information content (AvgIpc) is 2.78. The van der Waals surface area contributed by atoms with E-state index in [2.05, 4.69) is 104 Å². The molecule has 2 aliphatic rings. The lowest BCUT2D eigenvalue weighted by molar-refractivity contribution is 0.0290. The molecular weight excluding hydrogens is 390 g/mol. The Morgan fingerprint density at radius 2 is 1.59 bits per heavy atom. The normalized spacial score (nSPS) is 23.5. The second kappa shape index (κ2) is 10.3. The van der Waals surface area contributed by atoms with Gasteiger partial charge in [0, 0.05) is 57.4 Å². The van der Waals surface area contributed by atoms with Gasteiger partial charge in [-0.15, -0.1) is 0 Å². The number of hydrogen-bond donors (Lipinski definition) is 0. The zero-order valence-electron chi connectivity index (χ0n) is 20.7. The first-order valence-electron chi connectivity index (χ1n) is 12.5. The number of hydrogen-bond acceptors (Lipinski definition) is 3. The summed E-state index contributed by atoms with van der Waals surface area (Å²) in [5.41, 5.74) is 7.26. The van der Waals surface area contributed by atoms with Gasteiger partial charge in [-0.05, 0) is 63.3 Å². The third-order valence-electron chi connectivity index (χ3n) is 7.39. The van der Waals surface area contributed by atoms with Crippen molar-refractivity contribution in [3.63, 3.8) is 0 Å². The Morgan fingerprint density at radius 1 is 0.906 bits per heavy atom. The van der Waals surface area contributed by atoms with Gasteiger partial charge < -0.3 is 0 Å². The Kier molecular flexibility index (Phi) is 7.50. The summed E-state index contributed by atoms with van der Waals surface area (Å²) in [6, 6.07) is 19.9. The van der Waals surface area contributed by atoms with Gasteiger partial charge in [-0.3, -0.25) is 14.7 Å². The standard InChI is InChI=1S/C29H41N3/c1-22(2)31-16-14-27(15-17-31)29-9-7-6-8-28(29)21-32-24(4)18-30(19-25(32)5)20-26-12-10-23(3)11-13-26/h6-14,22,24-25H,15-21H2,1-5H3. The van der Waals surface area contributed by atoms with Gasteiger partial charge in [-0.25, -0.2) is 0 Å². The van der Waals surface area contributed by atoms with Crippen molar-refractivity contribution in [1.29, 1.82) is 0 Å². The van der Waals surface area contributed by atoms with Crippen molar-refractivity contribution in [1.82, 2.24) is 14.7 Å². The van der Waals surface area contributed by atoms with Gasteiger partial charge >= 0.3 is 0 Å². The van der Waals surface area contributed by atoms with Crippen LogP contribution in [0.2, 0.25) is 0 Å². The lowest BCUT2D eigenvalue weighted by Crippen LogP contribution is -2.55. The number of nitrogens with zero attached hydrogens (tertiary/aromatic N) is 3. The van der Waals surface area contributed by atoms with Crippen molar-refractivity contribution in [3.05, 3.63) is 76.9 Å². The predicted molar refractivity (Wildman–Crippen MR) is 137 cm³/mol. The first kappa shape index (κ1) is 23.2. The molecule has 2 aromatic carbocycles. The summed E-state index contributed by atoms with van der Waals surface area (Å²) in [7, 11) is 0. The molecule has 0 aliphatic carbocycles. The van der Waals surface area contributed by atoms with Crippen LogP contribution in [0.3, 0.4) is 0 Å². The van der Waals surface area contributed by atoms with Crippen LogP contribution < -0.4 is 0 Å². The largest absolute Gasteiger partial charge is 0.297 e. The number of aryl methyl sites for hydroxylation is 1. The Balaban J connectivity index is 1.43. The maximum absolute atomic E-state index is 2.72. The molecule has 2 aliphatic heterocycles. The van der Waals surface area contributed by atoms with Gasteiger partial charge in [0.1, 0.15) is 0 Å². The monoisotopic (exact) mass is 431 g/mol. The van der Waals surface area contributed by atoms with Crippen molar-refractivity contribution in [2.75, 3.05) is 26.2 Å². The molecule has 3 nitrogen and oxygen atoms in total. The minimum atomic E-state index is 0.550. The molecule has 0 aromatic heterocycles. The van der Waals surface area contributed by atoms with E-state index >= 15 is 0 Å². The van der Waals surface area contributed by atoms with Gasteiger partial charge in [-0.2, -0.15) is 0 Å². The van der Waals surface area contributed by atoms with Crippen LogP contribution in [0.1, 0.15) is 56.4 Å². The highest BCUT2D eigenvalue weighted by atomic mass is 15.3. The molecule has 1 saturated heterocycles. The Hall–Kier alpha value is -1.94. The van der Waals surface area contributed by atoms with Crippen molar-refractivity contribution in [2.24, 2.45) is 0 Å². The quantitative estimate of drug-likeness (QED) is 0.590. The summed E-state index contributed by atoms with van der Waals surface area (Å²) < 4.78 is 0. The molecule has 2 aromatic rings. The Morgan fingerprint density at radius 3 is 2.22 bits per heavy atom. The molecule has 172 valence electrons. The SMILES string of the molecule is Cc1ccc(CN2CC(C)N(Cc3ccccc3C3=CCN(C(C)C)CC3)C(C)C2)cc1. The molecule has 1 fully saturated rings. The fraction of sp³-hybridized carbons (Fsp3) is 0.517. The molecule has 4 rings (SSSR count). The molecule has 0 spiro atoms. The van der Waals surface area contributed by atoms with E-state index in [4.69, 9.17) is 0 Å². The third-order valence-corrected chi connectivity index (χ3v) is 7.39. The summed E-state index contributed by atoms with van der Waals surface area (Å²) in [6.07, 6.45) is 3.62. The van der Waals surface area contributed by atoms with Crippen LogP contribution in [-0.2, 0) is 13.1 Å². The molecule has 0 amide bonds. The van der Waals surface area contributed by atoms with Gasteiger partial charge in [-0.1, -0.05) is 60.2 Å². The Labute approximate surface area is 195 Å². The molecular formula is C29H41N3. The van der Waals surface area contributed by atoms with Gasteiger partial charge in [0.2, 0.25) is 0 Å². The van der Waals surface area contributed by atoms with E-state index < -0.39 is 0 Å². The zero-order chi connectivity index (χ0) is 22.7. The highest BCUT2D eigenvalue weighted by Gasteiger charge is 2.30. The zero-order valence-corrected chi connectivity index (χ0v) is 20.7. The first-order valence-corrected chi connectivity index (χ1v) is 12.5. The van der Waals surface area contributed by atoms with E-state index in [1.54, 1.807) is 0 Å². The van der Waals surface area contributed by atoms with Crippen molar-refractivity contribution < 1.29 is 0 Å². The van der Waals surface area contributed by atoms with Crippen molar-refractivity contribution >= 4 is 5.57 Å². The second-order valence-electron chi connectivity index (χ2n) is 10.3. The lowest BCUT2D eigenvalue weighted by Gasteiger charge is -2.45. The van der Waals surface area contributed by atoms with Gasteiger partial charge in [0.05, 0.1) is 0 Å². The maximum atomic E-state index is 2.72. The van der Waals surface area contributed by atoms with Gasteiger partial charge in [0.15, 0.2) is 0 Å². The summed E-state index contributed by atoms with van der Waals surface area (Å²) >= 11 is 0. The average molecular weight is 432 g/mol. The topological polar surface area (TPSA) is 9.72 Å². The highest BCUT2D eigenvalue weighted by Crippen LogP contribution is 2.29. The summed E-state index contributed by atoms with van der Waals surface area (Å²) in [4.78, 5) is 7.91. The number of piperazine rings is 1. The van der Waals surface area contributed by atoms with Crippen LogP contribution in [-0.4, -0.2) is 59.0 Å². The van der Waals surface area contributed by atoms with E-state index in [1.807, 2.05) is 0 Å². The van der Waals surface area contributed by atoms with E-state index in [0.29, 0.717) is 18.1 Å². The third kappa shape index (κ3) is 5.51. The smallest absolute Gasteiger partial charge is 0.0246 e. The summed E-state index contributed by atoms with van der Waals surface area (Å²) in [5.74, 6) is 0. The van der Waals surface area contributed by atoms with Crippen LogP contribution in [0.15, 0.2) is 54.6 Å². The fourth-order valence-electron chi connectivity index (χ4n) is 5.43. The lowest BCUT2D eigenvalue weighted by atomic mass is 9.93. The molecule has 0 radical (unpaired) electrons. The molecule has 2 atom stereocenters. The van der Waals surface area contributed by atoms with Crippen LogP contribution in [0.4, 0.5) is 0 Å². The molecule has 0 bridgehead atoms. The minimum Gasteiger partial charge on any atom is -0.297 e. The number of rotatable bonds is 6. The molecule has 2 unspecified atom stereocenters. The second-order valence-corrected chi connectivity index (χ2v) is 10.3. The fourth-order valence-corrected chi connectivity index (χ4v) is 5.43. The number of benzene rings is 2. The predicted octanol–water partition coefficient (Wildman–Crippen LogP) is 5.59. The van der Waals surface area contributed by atoms with E-state index in [-0.39, 0.29) is 0 Å².